The second kappa shape index (κ2) is 3.66. The molecule has 6 heteroatoms. The average Bonchev–Trinajstić information content (AvgIpc) is 2.58. The molecule has 2 aromatic rings. The molecule has 0 radical (unpaired) electrons. The van der Waals surface area contributed by atoms with E-state index < -0.39 is 0 Å². The molecule has 2 rings (SSSR count). The van der Waals surface area contributed by atoms with E-state index in [9.17, 15) is 0 Å². The molecule has 0 unspecified atom stereocenters. The molecule has 13 heavy (non-hydrogen) atoms. The van der Waals surface area contributed by atoms with Gasteiger partial charge >= 0.3 is 0 Å². The molecule has 0 aliphatic carbocycles. The fourth-order valence-corrected chi connectivity index (χ4v) is 2.78. The summed E-state index contributed by atoms with van der Waals surface area (Å²) in [7, 11) is 0. The highest BCUT2D eigenvalue weighted by Gasteiger charge is 2.11. The van der Waals surface area contributed by atoms with Gasteiger partial charge in [0.25, 0.3) is 0 Å². The van der Waals surface area contributed by atoms with Crippen molar-refractivity contribution in [2.45, 2.75) is 6.92 Å². The fourth-order valence-electron chi connectivity index (χ4n) is 0.973. The van der Waals surface area contributed by atoms with Crippen molar-refractivity contribution in [2.24, 2.45) is 0 Å². The average molecular weight is 371 g/mol. The van der Waals surface area contributed by atoms with E-state index in [2.05, 4.69) is 47.9 Å². The van der Waals surface area contributed by atoms with Gasteiger partial charge in [-0.1, -0.05) is 0 Å². The highest BCUT2D eigenvalue weighted by molar-refractivity contribution is 14.1. The number of rotatable bonds is 1. The van der Waals surface area contributed by atoms with Gasteiger partial charge < -0.3 is 4.42 Å². The van der Waals surface area contributed by atoms with Crippen LogP contribution < -0.4 is 0 Å². The van der Waals surface area contributed by atoms with E-state index in [1.807, 2.05) is 13.0 Å². The molecule has 0 bridgehead atoms. The van der Waals surface area contributed by atoms with Gasteiger partial charge in [0, 0.05) is 28.7 Å². The van der Waals surface area contributed by atoms with Crippen molar-refractivity contribution in [3.8, 4) is 10.6 Å². The highest BCUT2D eigenvalue weighted by atomic mass is 127. The van der Waals surface area contributed by atoms with Crippen LogP contribution in [0.25, 0.3) is 10.6 Å². The summed E-state index contributed by atoms with van der Waals surface area (Å²) < 4.78 is 10.9. The minimum atomic E-state index is 0.727. The molecule has 0 spiro atoms. The minimum Gasteiger partial charge on any atom is -0.454 e. The topological polar surface area (TPSA) is 38.9 Å². The van der Waals surface area contributed by atoms with Gasteiger partial charge in [0.15, 0.2) is 4.67 Å². The van der Waals surface area contributed by atoms with Gasteiger partial charge in [0.2, 0.25) is 3.83 Å². The molecule has 0 saturated heterocycles. The number of halogens is 2. The maximum absolute atomic E-state index is 5.33. The van der Waals surface area contributed by atoms with E-state index in [1.165, 1.54) is 11.5 Å². The van der Waals surface area contributed by atoms with E-state index in [0.29, 0.717) is 0 Å². The molecule has 0 aromatic carbocycles. The normalized spacial score (nSPS) is 10.7. The SMILES string of the molecule is Cc1oc(Br)cc1-c1nc(I)ns1. The largest absolute Gasteiger partial charge is 0.454 e. The number of nitrogens with zero attached hydrogens (tertiary/aromatic N) is 2. The molecular weight excluding hydrogens is 367 g/mol. The second-order valence-corrected chi connectivity index (χ2v) is 4.89. The fraction of sp³-hybridized carbons (Fsp3) is 0.143. The predicted octanol–water partition coefficient (Wildman–Crippen LogP) is 3.47. The van der Waals surface area contributed by atoms with Gasteiger partial charge in [-0.3, -0.25) is 0 Å². The second-order valence-electron chi connectivity index (χ2n) is 2.39. The van der Waals surface area contributed by atoms with Crippen LogP contribution in [0.15, 0.2) is 15.2 Å². The van der Waals surface area contributed by atoms with E-state index in [-0.39, 0.29) is 0 Å². The van der Waals surface area contributed by atoms with Gasteiger partial charge in [-0.2, -0.15) is 4.37 Å². The van der Waals surface area contributed by atoms with Gasteiger partial charge in [-0.25, -0.2) is 4.98 Å². The third-order valence-corrected chi connectivity index (χ3v) is 3.47. The Morgan fingerprint density at radius 3 is 2.85 bits per heavy atom. The summed E-state index contributed by atoms with van der Waals surface area (Å²) in [5, 5.41) is 0.899. The van der Waals surface area contributed by atoms with Crippen LogP contribution in [0.1, 0.15) is 5.76 Å². The number of aromatic nitrogens is 2. The lowest BCUT2D eigenvalue weighted by atomic mass is 10.3. The van der Waals surface area contributed by atoms with Crippen LogP contribution >= 0.6 is 50.1 Å². The lowest BCUT2D eigenvalue weighted by Gasteiger charge is -1.87. The molecule has 0 N–H and O–H groups in total. The highest BCUT2D eigenvalue weighted by Crippen LogP contribution is 2.30. The Hall–Kier alpha value is 0.0500. The van der Waals surface area contributed by atoms with Crippen molar-refractivity contribution in [3.05, 3.63) is 20.3 Å². The summed E-state index contributed by atoms with van der Waals surface area (Å²) in [5.41, 5.74) is 1.01. The number of hydrogen-bond acceptors (Lipinski definition) is 4. The van der Waals surface area contributed by atoms with Crippen LogP contribution in [-0.4, -0.2) is 9.36 Å². The van der Waals surface area contributed by atoms with Crippen molar-refractivity contribution < 1.29 is 4.42 Å². The van der Waals surface area contributed by atoms with Crippen molar-refractivity contribution in [2.75, 3.05) is 0 Å². The third kappa shape index (κ3) is 1.94. The lowest BCUT2D eigenvalue weighted by Crippen LogP contribution is -1.75. The van der Waals surface area contributed by atoms with Crippen LogP contribution in [0.3, 0.4) is 0 Å². The summed E-state index contributed by atoms with van der Waals surface area (Å²) in [6.07, 6.45) is 0. The maximum Gasteiger partial charge on any atom is 0.203 e. The summed E-state index contributed by atoms with van der Waals surface area (Å²) in [6.45, 7) is 1.91. The zero-order valence-electron chi connectivity index (χ0n) is 6.54. The summed E-state index contributed by atoms with van der Waals surface area (Å²) >= 11 is 6.75. The van der Waals surface area contributed by atoms with Crippen LogP contribution in [0.4, 0.5) is 0 Å². The first-order valence-electron chi connectivity index (χ1n) is 3.42. The molecule has 0 atom stereocenters. The van der Waals surface area contributed by atoms with Crippen LogP contribution in [0.2, 0.25) is 0 Å². The van der Waals surface area contributed by atoms with Crippen LogP contribution in [-0.2, 0) is 0 Å². The zero-order chi connectivity index (χ0) is 9.42. The van der Waals surface area contributed by atoms with Crippen molar-refractivity contribution in [3.63, 3.8) is 0 Å². The molecule has 0 amide bonds. The predicted molar refractivity (Wildman–Crippen MR) is 62.8 cm³/mol. The molecule has 68 valence electrons. The molecule has 2 aromatic heterocycles. The first kappa shape index (κ1) is 9.60. The monoisotopic (exact) mass is 370 g/mol. The first-order chi connectivity index (χ1) is 6.16. The Morgan fingerprint density at radius 1 is 1.62 bits per heavy atom. The maximum atomic E-state index is 5.33. The molecular formula is C7H4BrIN2OS. The molecule has 3 nitrogen and oxygen atoms in total. The smallest absolute Gasteiger partial charge is 0.203 e. The Balaban J connectivity index is 2.51. The van der Waals surface area contributed by atoms with Gasteiger partial charge in [0.05, 0.1) is 5.56 Å². The molecule has 0 fully saturated rings. The Morgan fingerprint density at radius 2 is 2.38 bits per heavy atom. The van der Waals surface area contributed by atoms with E-state index in [0.717, 1.165) is 24.8 Å². The van der Waals surface area contributed by atoms with Crippen molar-refractivity contribution >= 4 is 50.1 Å². The van der Waals surface area contributed by atoms with E-state index >= 15 is 0 Å². The van der Waals surface area contributed by atoms with E-state index in [4.69, 9.17) is 4.42 Å². The third-order valence-electron chi connectivity index (χ3n) is 1.52. The summed E-state index contributed by atoms with van der Waals surface area (Å²) in [4.78, 5) is 4.27. The number of hydrogen-bond donors (Lipinski definition) is 0. The quantitative estimate of drug-likeness (QED) is 0.721. The van der Waals surface area contributed by atoms with Crippen LogP contribution in [0.5, 0.6) is 0 Å². The Kier molecular flexibility index (Phi) is 2.70. The molecule has 0 aliphatic rings. The summed E-state index contributed by atoms with van der Waals surface area (Å²) in [5.74, 6) is 0.861. The van der Waals surface area contributed by atoms with Gasteiger partial charge in [-0.05, 0) is 34.4 Å². The minimum absolute atomic E-state index is 0.727. The molecule has 0 saturated carbocycles. The van der Waals surface area contributed by atoms with Gasteiger partial charge in [0.1, 0.15) is 10.8 Å². The number of furan rings is 1. The Bertz CT molecular complexity index is 439. The number of aryl methyl sites for hydroxylation is 1. The summed E-state index contributed by atoms with van der Waals surface area (Å²) in [6, 6.07) is 1.91. The lowest BCUT2D eigenvalue weighted by molar-refractivity contribution is 0.511. The zero-order valence-corrected chi connectivity index (χ0v) is 11.1. The first-order valence-corrected chi connectivity index (χ1v) is 6.07. The van der Waals surface area contributed by atoms with Crippen LogP contribution in [0, 0.1) is 10.8 Å². The van der Waals surface area contributed by atoms with Crippen molar-refractivity contribution in [1.82, 2.24) is 9.36 Å². The molecule has 2 heterocycles. The van der Waals surface area contributed by atoms with Crippen molar-refractivity contribution in [1.29, 1.82) is 0 Å². The van der Waals surface area contributed by atoms with Gasteiger partial charge in [-0.15, -0.1) is 0 Å². The molecule has 0 aliphatic heterocycles. The van der Waals surface area contributed by atoms with E-state index in [1.54, 1.807) is 0 Å². The Labute approximate surface area is 101 Å². The standard InChI is InChI=1S/C7H4BrIN2OS/c1-3-4(2-5(8)12-3)6-10-7(9)11-13-6/h2H,1H3.